The molecule has 0 fully saturated rings. The van der Waals surface area contributed by atoms with Crippen LogP contribution in [0.5, 0.6) is 0 Å². The molecule has 1 aromatic carbocycles. The van der Waals surface area contributed by atoms with Crippen molar-refractivity contribution < 1.29 is 9.59 Å². The molecule has 4 rings (SSSR count). The van der Waals surface area contributed by atoms with E-state index in [1.807, 2.05) is 18.2 Å². The lowest BCUT2D eigenvalue weighted by molar-refractivity contribution is 0.0947. The van der Waals surface area contributed by atoms with Gasteiger partial charge in [0.2, 0.25) is 0 Å². The van der Waals surface area contributed by atoms with E-state index in [9.17, 15) is 9.59 Å². The Balaban J connectivity index is 1.84. The number of benzene rings is 1. The lowest BCUT2D eigenvalue weighted by Gasteiger charge is -2.26. The molecule has 0 saturated heterocycles. The molecule has 3 heterocycles. The molecule has 0 N–H and O–H groups in total. The van der Waals surface area contributed by atoms with Gasteiger partial charge in [0.05, 0.1) is 5.69 Å². The van der Waals surface area contributed by atoms with Crippen LogP contribution in [0.4, 0.5) is 27.8 Å². The van der Waals surface area contributed by atoms with Gasteiger partial charge in [0, 0.05) is 32.1 Å². The summed E-state index contributed by atoms with van der Waals surface area (Å²) in [6, 6.07) is 12.0. The van der Waals surface area contributed by atoms with Gasteiger partial charge in [-0.15, -0.1) is 10.2 Å². The van der Waals surface area contributed by atoms with Crippen molar-refractivity contribution in [2.24, 2.45) is 10.2 Å². The molecule has 9 heteroatoms. The number of amides is 2. The largest absolute Gasteiger partial charge is 0.330 e. The van der Waals surface area contributed by atoms with Crippen LogP contribution < -0.4 is 9.80 Å². The monoisotopic (exact) mass is 361 g/mol. The summed E-state index contributed by atoms with van der Waals surface area (Å²) < 4.78 is 1.17. The molecule has 9 nitrogen and oxygen atoms in total. The Morgan fingerprint density at radius 2 is 1.67 bits per heavy atom. The molecule has 27 heavy (non-hydrogen) atoms. The van der Waals surface area contributed by atoms with Crippen molar-refractivity contribution in [2.45, 2.75) is 0 Å². The Labute approximate surface area is 154 Å². The highest BCUT2D eigenvalue weighted by atomic mass is 16.2. The van der Waals surface area contributed by atoms with E-state index >= 15 is 0 Å². The van der Waals surface area contributed by atoms with Gasteiger partial charge in [0.15, 0.2) is 17.3 Å². The number of aromatic nitrogens is 3. The fourth-order valence-corrected chi connectivity index (χ4v) is 2.77. The lowest BCUT2D eigenvalue weighted by Crippen LogP contribution is -2.41. The fraction of sp³-hybridized carbons (Fsp3) is 0.111. The number of fused-ring (bicyclic) bond motifs is 2. The maximum absolute atomic E-state index is 12.9. The number of azo groups is 1. The van der Waals surface area contributed by atoms with Crippen LogP contribution in [0.15, 0.2) is 65.1 Å². The number of nitrogens with zero attached hydrogens (tertiary/aromatic N) is 7. The minimum atomic E-state index is -0.384. The van der Waals surface area contributed by atoms with Crippen LogP contribution in [-0.4, -0.2) is 40.8 Å². The van der Waals surface area contributed by atoms with Crippen LogP contribution in [-0.2, 0) is 0 Å². The van der Waals surface area contributed by atoms with Gasteiger partial charge < -0.3 is 0 Å². The Bertz CT molecular complexity index is 1040. The first-order chi connectivity index (χ1) is 13.1. The van der Waals surface area contributed by atoms with E-state index < -0.39 is 0 Å². The highest BCUT2D eigenvalue weighted by Crippen LogP contribution is 2.43. The average molecular weight is 361 g/mol. The van der Waals surface area contributed by atoms with Crippen LogP contribution in [0.2, 0.25) is 0 Å². The maximum Gasteiger partial charge on any atom is 0.330 e. The van der Waals surface area contributed by atoms with Crippen molar-refractivity contribution in [1.82, 2.24) is 14.8 Å². The van der Waals surface area contributed by atoms with Crippen LogP contribution in [0.3, 0.4) is 0 Å². The average Bonchev–Trinajstić information content (AvgIpc) is 3.06. The van der Waals surface area contributed by atoms with E-state index in [-0.39, 0.29) is 23.6 Å². The summed E-state index contributed by atoms with van der Waals surface area (Å²) in [6.45, 7) is 0. The normalized spacial score (nSPS) is 13.5. The summed E-state index contributed by atoms with van der Waals surface area (Å²) >= 11 is 0. The number of carbonyl (C=O) groups excluding carboxylic acids is 2. The summed E-state index contributed by atoms with van der Waals surface area (Å²) in [5.74, 6) is 0.162. The number of hydrogen-bond donors (Lipinski definition) is 0. The molecule has 2 amide bonds. The number of carbonyl (C=O) groups is 2. The maximum atomic E-state index is 12.9. The van der Waals surface area contributed by atoms with E-state index in [0.717, 1.165) is 0 Å². The molecule has 3 aromatic rings. The Morgan fingerprint density at radius 3 is 2.37 bits per heavy atom. The van der Waals surface area contributed by atoms with Crippen molar-refractivity contribution in [3.8, 4) is 0 Å². The highest BCUT2D eigenvalue weighted by molar-refractivity contribution is 6.13. The van der Waals surface area contributed by atoms with E-state index in [1.165, 1.54) is 26.9 Å². The fourth-order valence-electron chi connectivity index (χ4n) is 2.77. The van der Waals surface area contributed by atoms with Crippen molar-refractivity contribution in [3.63, 3.8) is 0 Å². The Morgan fingerprint density at radius 1 is 0.963 bits per heavy atom. The lowest BCUT2D eigenvalue weighted by atomic mass is 10.2. The molecule has 0 aliphatic carbocycles. The summed E-state index contributed by atoms with van der Waals surface area (Å²) in [4.78, 5) is 31.9. The van der Waals surface area contributed by atoms with Crippen LogP contribution in [0.25, 0.3) is 0 Å². The first kappa shape index (κ1) is 16.6. The molecule has 0 atom stereocenters. The molecule has 1 aliphatic heterocycles. The SMILES string of the molecule is CN1C(=O)N(C)c2c(N=Nc3ccccc3)c1nn2C(=O)c1ccncc1. The minimum Gasteiger partial charge on any atom is -0.279 e. The Kier molecular flexibility index (Phi) is 3.96. The number of rotatable bonds is 3. The molecule has 134 valence electrons. The predicted molar refractivity (Wildman–Crippen MR) is 99.0 cm³/mol. The first-order valence-electron chi connectivity index (χ1n) is 8.14. The topological polar surface area (TPSA) is 96.0 Å². The van der Waals surface area contributed by atoms with E-state index in [4.69, 9.17) is 0 Å². The second-order valence-corrected chi connectivity index (χ2v) is 5.88. The van der Waals surface area contributed by atoms with Gasteiger partial charge in [-0.05, 0) is 24.3 Å². The molecule has 1 aliphatic rings. The predicted octanol–water partition coefficient (Wildman–Crippen LogP) is 3.39. The van der Waals surface area contributed by atoms with Gasteiger partial charge in [0.25, 0.3) is 5.91 Å². The van der Waals surface area contributed by atoms with E-state index in [0.29, 0.717) is 16.9 Å². The number of urea groups is 1. The quantitative estimate of drug-likeness (QED) is 0.668. The van der Waals surface area contributed by atoms with Gasteiger partial charge in [0.1, 0.15) is 0 Å². The van der Waals surface area contributed by atoms with Gasteiger partial charge >= 0.3 is 6.03 Å². The smallest absolute Gasteiger partial charge is 0.279 e. The van der Waals surface area contributed by atoms with Gasteiger partial charge in [-0.25, -0.2) is 4.79 Å². The zero-order valence-electron chi connectivity index (χ0n) is 14.6. The van der Waals surface area contributed by atoms with Crippen molar-refractivity contribution in [3.05, 3.63) is 60.4 Å². The zero-order valence-corrected chi connectivity index (χ0v) is 14.6. The van der Waals surface area contributed by atoms with Gasteiger partial charge in [-0.1, -0.05) is 18.2 Å². The van der Waals surface area contributed by atoms with Crippen LogP contribution in [0, 0.1) is 0 Å². The summed E-state index contributed by atoms with van der Waals surface area (Å²) in [5, 5.41) is 12.8. The minimum absolute atomic E-state index is 0.273. The first-order valence-corrected chi connectivity index (χ1v) is 8.14. The molecule has 0 saturated carbocycles. The summed E-state index contributed by atoms with van der Waals surface area (Å²) in [6.07, 6.45) is 3.04. The highest BCUT2D eigenvalue weighted by Gasteiger charge is 2.37. The molecular formula is C18H15N7O2. The third-order valence-electron chi connectivity index (χ3n) is 4.17. The molecule has 2 bridgehead atoms. The third kappa shape index (κ3) is 2.74. The van der Waals surface area contributed by atoms with Crippen LogP contribution >= 0.6 is 0 Å². The standard InChI is InChI=1S/C18H15N7O2/c1-23-15-14(21-20-13-6-4-3-5-7-13)16(24(2)18(23)27)25(22-15)17(26)12-8-10-19-11-9-12/h3-11H,1-2H3. The van der Waals surface area contributed by atoms with Gasteiger partial charge in [-0.3, -0.25) is 19.6 Å². The molecule has 0 spiro atoms. The zero-order chi connectivity index (χ0) is 19.0. The van der Waals surface area contributed by atoms with Gasteiger partial charge in [-0.2, -0.15) is 9.80 Å². The number of pyridine rings is 1. The number of anilines is 2. The van der Waals surface area contributed by atoms with Crippen molar-refractivity contribution in [1.29, 1.82) is 0 Å². The number of hydrogen-bond acceptors (Lipinski definition) is 6. The third-order valence-corrected chi connectivity index (χ3v) is 4.17. The van der Waals surface area contributed by atoms with E-state index in [2.05, 4.69) is 20.3 Å². The Hall–Kier alpha value is -3.88. The second-order valence-electron chi connectivity index (χ2n) is 5.88. The molecular weight excluding hydrogens is 346 g/mol. The van der Waals surface area contributed by atoms with E-state index in [1.54, 1.807) is 38.4 Å². The molecule has 0 unspecified atom stereocenters. The molecule has 2 aromatic heterocycles. The summed E-state index contributed by atoms with van der Waals surface area (Å²) in [7, 11) is 3.14. The van der Waals surface area contributed by atoms with Crippen LogP contribution in [0.1, 0.15) is 10.4 Å². The van der Waals surface area contributed by atoms with Crippen molar-refractivity contribution in [2.75, 3.05) is 23.9 Å². The summed E-state index contributed by atoms with van der Waals surface area (Å²) in [5.41, 5.74) is 1.41. The van der Waals surface area contributed by atoms with Crippen molar-refractivity contribution >= 4 is 34.9 Å². The molecule has 0 radical (unpaired) electrons. The second kappa shape index (κ2) is 6.45.